The van der Waals surface area contributed by atoms with Crippen LogP contribution in [0.5, 0.6) is 0 Å². The highest BCUT2D eigenvalue weighted by atomic mass is 31.2. The van der Waals surface area contributed by atoms with E-state index < -0.39 is 7.14 Å². The van der Waals surface area contributed by atoms with Crippen molar-refractivity contribution in [2.75, 3.05) is 39.3 Å². The van der Waals surface area contributed by atoms with Crippen molar-refractivity contribution in [1.82, 2.24) is 4.90 Å². The maximum atomic E-state index is 12.2. The summed E-state index contributed by atoms with van der Waals surface area (Å²) in [6, 6.07) is 5.21. The summed E-state index contributed by atoms with van der Waals surface area (Å²) in [4.78, 5) is 13.6. The van der Waals surface area contributed by atoms with Crippen molar-refractivity contribution in [2.45, 2.75) is 0 Å². The molecule has 102 valence electrons. The summed E-state index contributed by atoms with van der Waals surface area (Å²) in [5, 5.41) is 3.69. The molecule has 0 saturated heterocycles. The molecule has 0 aromatic heterocycles. The van der Waals surface area contributed by atoms with Crippen LogP contribution in [0.1, 0.15) is 10.4 Å². The van der Waals surface area contributed by atoms with Gasteiger partial charge in [-0.05, 0) is 31.5 Å². The molecule has 0 radical (unpaired) electrons. The monoisotopic (exact) mass is 278 g/mol. The van der Waals surface area contributed by atoms with Gasteiger partial charge in [-0.25, -0.2) is 0 Å². The van der Waals surface area contributed by atoms with Gasteiger partial charge in [0.05, 0.1) is 12.1 Å². The van der Waals surface area contributed by atoms with E-state index in [2.05, 4.69) is 11.2 Å². The van der Waals surface area contributed by atoms with Gasteiger partial charge < -0.3 is 14.8 Å². The van der Waals surface area contributed by atoms with Gasteiger partial charge in [0.2, 0.25) is 0 Å². The van der Waals surface area contributed by atoms with E-state index in [0.29, 0.717) is 23.1 Å². The number of carbonyl (C=O) groups is 1. The van der Waals surface area contributed by atoms with Gasteiger partial charge in [-0.1, -0.05) is 5.92 Å². The van der Waals surface area contributed by atoms with Gasteiger partial charge in [-0.2, -0.15) is 0 Å². The highest BCUT2D eigenvalue weighted by molar-refractivity contribution is 7.70. The summed E-state index contributed by atoms with van der Waals surface area (Å²) in [7, 11) is 0.957. The third-order valence-corrected chi connectivity index (χ3v) is 4.16. The fourth-order valence-electron chi connectivity index (χ4n) is 1.59. The third kappa shape index (κ3) is 3.87. The molecular weight excluding hydrogens is 259 g/mol. The summed E-state index contributed by atoms with van der Waals surface area (Å²) in [6.07, 6.45) is 5.21. The van der Waals surface area contributed by atoms with E-state index in [-0.39, 0.29) is 5.91 Å². The molecular formula is C14H19N2O2P. The Morgan fingerprint density at radius 3 is 2.53 bits per heavy atom. The van der Waals surface area contributed by atoms with Crippen LogP contribution in [0.25, 0.3) is 0 Å². The summed E-state index contributed by atoms with van der Waals surface area (Å²) in [5.74, 6) is 2.32. The van der Waals surface area contributed by atoms with Crippen LogP contribution >= 0.6 is 7.14 Å². The zero-order valence-electron chi connectivity index (χ0n) is 11.7. The smallest absolute Gasteiger partial charge is 0.255 e. The van der Waals surface area contributed by atoms with Crippen LogP contribution in [0, 0.1) is 12.3 Å². The first kappa shape index (κ1) is 15.3. The number of rotatable bonds is 4. The number of terminal acetylenes is 1. The van der Waals surface area contributed by atoms with Crippen molar-refractivity contribution in [2.24, 2.45) is 0 Å². The summed E-state index contributed by atoms with van der Waals surface area (Å²) in [5.41, 5.74) is 1.15. The van der Waals surface area contributed by atoms with E-state index in [9.17, 15) is 9.36 Å². The van der Waals surface area contributed by atoms with Crippen LogP contribution in [-0.4, -0.2) is 44.8 Å². The first-order valence-corrected chi connectivity index (χ1v) is 8.46. The molecule has 0 aliphatic carbocycles. The number of hydrogen-bond acceptors (Lipinski definition) is 3. The number of nitrogens with one attached hydrogen (secondary N) is 1. The summed E-state index contributed by atoms with van der Waals surface area (Å²) < 4.78 is 12.1. The Balaban J connectivity index is 3.31. The molecule has 1 aromatic rings. The molecule has 4 nitrogen and oxygen atoms in total. The van der Waals surface area contributed by atoms with Crippen LogP contribution in [0.2, 0.25) is 0 Å². The van der Waals surface area contributed by atoms with Crippen LogP contribution in [0.3, 0.4) is 0 Å². The molecule has 0 unspecified atom stereocenters. The Morgan fingerprint density at radius 1 is 1.42 bits per heavy atom. The van der Waals surface area contributed by atoms with Crippen LogP contribution in [0.4, 0.5) is 5.69 Å². The molecule has 0 fully saturated rings. The topological polar surface area (TPSA) is 49.4 Å². The Hall–Kier alpha value is -1.72. The largest absolute Gasteiger partial charge is 0.373 e. The van der Waals surface area contributed by atoms with Gasteiger partial charge in [-0.3, -0.25) is 4.79 Å². The molecule has 1 rings (SSSR count). The zero-order chi connectivity index (χ0) is 14.6. The lowest BCUT2D eigenvalue weighted by Gasteiger charge is -2.17. The predicted octanol–water partition coefficient (Wildman–Crippen LogP) is 1.68. The van der Waals surface area contributed by atoms with E-state index in [4.69, 9.17) is 6.42 Å². The molecule has 0 aliphatic rings. The summed E-state index contributed by atoms with van der Waals surface area (Å²) >= 11 is 0. The third-order valence-electron chi connectivity index (χ3n) is 2.64. The fraction of sp³-hybridized carbons (Fsp3) is 0.357. The Morgan fingerprint density at radius 2 is 2.05 bits per heavy atom. The van der Waals surface area contributed by atoms with Gasteiger partial charge >= 0.3 is 0 Å². The Kier molecular flexibility index (Phi) is 4.80. The lowest BCUT2D eigenvalue weighted by Crippen LogP contribution is -2.24. The maximum Gasteiger partial charge on any atom is 0.255 e. The van der Waals surface area contributed by atoms with Gasteiger partial charge in [0.1, 0.15) is 7.14 Å². The van der Waals surface area contributed by atoms with Crippen molar-refractivity contribution in [3.63, 3.8) is 0 Å². The number of nitrogens with zero attached hydrogens (tertiary/aromatic N) is 1. The van der Waals surface area contributed by atoms with Crippen LogP contribution in [0.15, 0.2) is 18.2 Å². The number of carbonyl (C=O) groups excluding carboxylic acids is 1. The standard InChI is InChI=1S/C14H19N2O2P/c1-6-9-15-13-8-7-11(19(4,5)18)10-12(13)14(17)16(2)3/h1,7-8,10,15H,9H2,2-5H3. The van der Waals surface area contributed by atoms with Crippen LogP contribution < -0.4 is 10.6 Å². The lowest BCUT2D eigenvalue weighted by atomic mass is 10.1. The molecule has 0 atom stereocenters. The Bertz CT molecular complexity index is 567. The molecule has 1 N–H and O–H groups in total. The number of amides is 1. The van der Waals surface area contributed by atoms with Crippen molar-refractivity contribution in [3.05, 3.63) is 23.8 Å². The second-order valence-corrected chi connectivity index (χ2v) is 8.06. The van der Waals surface area contributed by atoms with E-state index in [1.165, 1.54) is 4.90 Å². The number of hydrogen-bond donors (Lipinski definition) is 1. The molecule has 5 heteroatoms. The molecule has 0 saturated carbocycles. The molecule has 0 aliphatic heterocycles. The van der Waals surface area contributed by atoms with Crippen molar-refractivity contribution in [1.29, 1.82) is 0 Å². The van der Waals surface area contributed by atoms with E-state index in [0.717, 1.165) is 0 Å². The number of benzene rings is 1. The quantitative estimate of drug-likeness (QED) is 0.673. The predicted molar refractivity (Wildman–Crippen MR) is 80.9 cm³/mol. The Labute approximate surface area is 114 Å². The second-order valence-electron chi connectivity index (χ2n) is 4.84. The molecule has 1 aromatic carbocycles. The molecule has 0 bridgehead atoms. The molecule has 1 amide bonds. The first-order valence-electron chi connectivity index (χ1n) is 5.86. The first-order chi connectivity index (χ1) is 8.77. The van der Waals surface area contributed by atoms with Crippen LogP contribution in [-0.2, 0) is 4.57 Å². The average Bonchev–Trinajstić information content (AvgIpc) is 2.33. The zero-order valence-corrected chi connectivity index (χ0v) is 12.6. The average molecular weight is 278 g/mol. The van der Waals surface area contributed by atoms with Crippen molar-refractivity contribution in [3.8, 4) is 12.3 Å². The van der Waals surface area contributed by atoms with Gasteiger partial charge in [0.15, 0.2) is 0 Å². The summed E-state index contributed by atoms with van der Waals surface area (Å²) in [6.45, 7) is 3.70. The minimum absolute atomic E-state index is 0.144. The minimum Gasteiger partial charge on any atom is -0.373 e. The SMILES string of the molecule is C#CCNc1ccc(P(C)(C)=O)cc1C(=O)N(C)C. The molecule has 19 heavy (non-hydrogen) atoms. The fourth-order valence-corrected chi connectivity index (χ4v) is 2.46. The maximum absolute atomic E-state index is 12.2. The highest BCUT2D eigenvalue weighted by Gasteiger charge is 2.18. The highest BCUT2D eigenvalue weighted by Crippen LogP contribution is 2.35. The van der Waals surface area contributed by atoms with Gasteiger partial charge in [0.25, 0.3) is 5.91 Å². The lowest BCUT2D eigenvalue weighted by molar-refractivity contribution is 0.0828. The van der Waals surface area contributed by atoms with Crippen molar-refractivity contribution >= 4 is 24.0 Å². The van der Waals surface area contributed by atoms with Gasteiger partial charge in [-0.15, -0.1) is 6.42 Å². The second kappa shape index (κ2) is 5.95. The van der Waals surface area contributed by atoms with Crippen molar-refractivity contribution < 1.29 is 9.36 Å². The molecule has 0 heterocycles. The van der Waals surface area contributed by atoms with E-state index in [1.807, 2.05) is 0 Å². The normalized spacial score (nSPS) is 10.7. The van der Waals surface area contributed by atoms with Gasteiger partial charge in [0, 0.05) is 25.1 Å². The molecule has 0 spiro atoms. The minimum atomic E-state index is -2.40. The number of anilines is 1. The van der Waals surface area contributed by atoms with E-state index in [1.54, 1.807) is 45.6 Å². The van der Waals surface area contributed by atoms with E-state index >= 15 is 0 Å².